The summed E-state index contributed by atoms with van der Waals surface area (Å²) in [6, 6.07) is 10.4. The van der Waals surface area contributed by atoms with Gasteiger partial charge in [-0.2, -0.15) is 0 Å². The van der Waals surface area contributed by atoms with Crippen molar-refractivity contribution in [1.82, 2.24) is 0 Å². The Bertz CT molecular complexity index is 1020. The number of hydrogen-bond donors (Lipinski definition) is 6. The Morgan fingerprint density at radius 2 is 1.49 bits per heavy atom. The molecule has 35 heavy (non-hydrogen) atoms. The zero-order chi connectivity index (χ0) is 25.9. The number of ether oxygens (including phenoxy) is 2. The molecule has 0 amide bonds. The lowest BCUT2D eigenvalue weighted by molar-refractivity contribution is -0.271. The number of aliphatic hydroxyl groups excluding tert-OH is 3. The number of aromatic hydroxyl groups is 2. The summed E-state index contributed by atoms with van der Waals surface area (Å²) >= 11 is 0. The second kappa shape index (κ2) is 11.3. The van der Waals surface area contributed by atoms with Crippen molar-refractivity contribution in [3.05, 3.63) is 53.1 Å². The molecule has 0 saturated carbocycles. The van der Waals surface area contributed by atoms with E-state index >= 15 is 0 Å². The Morgan fingerprint density at radius 3 is 2.06 bits per heavy atom. The van der Waals surface area contributed by atoms with Crippen LogP contribution in [-0.4, -0.2) is 67.3 Å². The van der Waals surface area contributed by atoms with Crippen LogP contribution in [0.25, 0.3) is 0 Å². The van der Waals surface area contributed by atoms with Crippen molar-refractivity contribution < 1.29 is 44.9 Å². The van der Waals surface area contributed by atoms with Gasteiger partial charge < -0.3 is 40.1 Å². The van der Waals surface area contributed by atoms with Crippen LogP contribution in [0.5, 0.6) is 17.2 Å². The Hall–Kier alpha value is -2.85. The molecule has 1 fully saturated rings. The summed E-state index contributed by atoms with van der Waals surface area (Å²) in [6.07, 6.45) is -6.50. The van der Waals surface area contributed by atoms with Crippen LogP contribution >= 0.6 is 0 Å². The van der Waals surface area contributed by atoms with E-state index in [1.807, 2.05) is 19.1 Å². The Balaban J connectivity index is 1.69. The van der Waals surface area contributed by atoms with E-state index < -0.39 is 36.7 Å². The zero-order valence-electron chi connectivity index (χ0n) is 20.0. The normalized spacial score (nSPS) is 26.2. The van der Waals surface area contributed by atoms with Crippen LogP contribution < -0.4 is 4.74 Å². The smallest absolute Gasteiger partial charge is 0.335 e. The fraction of sp³-hybridized carbons (Fsp3) is 0.500. The summed E-state index contributed by atoms with van der Waals surface area (Å²) in [5.74, 6) is -0.941. The molecule has 0 bridgehead atoms. The van der Waals surface area contributed by atoms with Crippen molar-refractivity contribution >= 4 is 5.97 Å². The first-order valence-electron chi connectivity index (χ1n) is 11.7. The van der Waals surface area contributed by atoms with Crippen LogP contribution in [0.4, 0.5) is 0 Å². The molecule has 0 radical (unpaired) electrons. The number of aliphatic carboxylic acids is 1. The van der Waals surface area contributed by atoms with Crippen molar-refractivity contribution in [2.24, 2.45) is 11.8 Å². The number of carboxylic acids is 1. The van der Waals surface area contributed by atoms with Crippen LogP contribution in [0.1, 0.15) is 37.5 Å². The van der Waals surface area contributed by atoms with Crippen molar-refractivity contribution in [2.45, 2.75) is 70.7 Å². The quantitative estimate of drug-likeness (QED) is 0.309. The van der Waals surface area contributed by atoms with Crippen molar-refractivity contribution in [2.75, 3.05) is 0 Å². The zero-order valence-corrected chi connectivity index (χ0v) is 20.0. The fourth-order valence-corrected chi connectivity index (χ4v) is 4.25. The van der Waals surface area contributed by atoms with E-state index in [1.165, 1.54) is 6.07 Å². The summed E-state index contributed by atoms with van der Waals surface area (Å²) in [4.78, 5) is 11.3. The second-order valence-corrected chi connectivity index (χ2v) is 9.33. The van der Waals surface area contributed by atoms with Crippen LogP contribution in [0.15, 0.2) is 36.4 Å². The molecule has 0 aliphatic carbocycles. The van der Waals surface area contributed by atoms with Gasteiger partial charge in [0.15, 0.2) is 17.6 Å². The number of carbonyl (C=O) groups is 1. The summed E-state index contributed by atoms with van der Waals surface area (Å²) in [5.41, 5.74) is 2.90. The standard InChI is InChI=1S/C26H34O9/c1-4-17-11-15(5-7-18(17)27)9-13(2)14(3)10-16-6-8-19(28)20(12-16)34-26-23(31)21(29)22(30)24(35-26)25(32)33/h5-8,11-14,21-24,26-31H,4,9-10H2,1-3H3,(H,32,33)/t13-,14+,21-,22-,23+,24-,26+/m1/s1. The van der Waals surface area contributed by atoms with Gasteiger partial charge in [-0.15, -0.1) is 0 Å². The summed E-state index contributed by atoms with van der Waals surface area (Å²) in [7, 11) is 0. The average Bonchev–Trinajstić information content (AvgIpc) is 2.82. The van der Waals surface area contributed by atoms with Gasteiger partial charge in [0.2, 0.25) is 6.29 Å². The maximum atomic E-state index is 11.3. The minimum atomic E-state index is -1.83. The van der Waals surface area contributed by atoms with E-state index in [0.29, 0.717) is 18.1 Å². The first-order valence-corrected chi connectivity index (χ1v) is 11.7. The molecule has 7 atom stereocenters. The topological polar surface area (TPSA) is 157 Å². The van der Waals surface area contributed by atoms with Gasteiger partial charge in [0, 0.05) is 0 Å². The highest BCUT2D eigenvalue weighted by Crippen LogP contribution is 2.33. The van der Waals surface area contributed by atoms with Gasteiger partial charge in [-0.1, -0.05) is 39.0 Å². The largest absolute Gasteiger partial charge is 0.508 e. The lowest BCUT2D eigenvalue weighted by Gasteiger charge is -2.38. The number of carboxylic acid groups (broad SMARTS) is 1. The fourth-order valence-electron chi connectivity index (χ4n) is 4.25. The average molecular weight is 491 g/mol. The SMILES string of the molecule is CCc1cc(C[C@@H](C)[C@@H](C)Cc2ccc(O)c(O[C@H]3O[C@@H](C(=O)O)[C@H](O)[C@@H](O)[C@@H]3O)c2)ccc1O. The number of hydrogen-bond acceptors (Lipinski definition) is 8. The molecular weight excluding hydrogens is 456 g/mol. The lowest BCUT2D eigenvalue weighted by Crippen LogP contribution is -2.61. The van der Waals surface area contributed by atoms with Gasteiger partial charge in [0.05, 0.1) is 0 Å². The van der Waals surface area contributed by atoms with Crippen LogP contribution in [0.2, 0.25) is 0 Å². The molecule has 6 N–H and O–H groups in total. The van der Waals surface area contributed by atoms with E-state index in [4.69, 9.17) is 9.47 Å². The van der Waals surface area contributed by atoms with E-state index in [1.54, 1.807) is 18.2 Å². The first kappa shape index (κ1) is 26.7. The van der Waals surface area contributed by atoms with E-state index in [2.05, 4.69) is 13.8 Å². The predicted molar refractivity (Wildman–Crippen MR) is 126 cm³/mol. The highest BCUT2D eigenvalue weighted by atomic mass is 16.7. The van der Waals surface area contributed by atoms with Gasteiger partial charge in [-0.25, -0.2) is 4.79 Å². The molecule has 1 aliphatic rings. The summed E-state index contributed by atoms with van der Waals surface area (Å²) in [6.45, 7) is 6.26. The molecule has 9 heteroatoms. The van der Waals surface area contributed by atoms with Gasteiger partial charge in [0.1, 0.15) is 24.1 Å². The first-order chi connectivity index (χ1) is 16.5. The van der Waals surface area contributed by atoms with Crippen molar-refractivity contribution in [3.63, 3.8) is 0 Å². The van der Waals surface area contributed by atoms with Gasteiger partial charge in [-0.05, 0) is 66.0 Å². The Labute approximate surface area is 204 Å². The monoisotopic (exact) mass is 490 g/mol. The predicted octanol–water partition coefficient (Wildman–Crippen LogP) is 1.99. The third-order valence-electron chi connectivity index (χ3n) is 6.69. The van der Waals surface area contributed by atoms with Crippen LogP contribution in [-0.2, 0) is 28.8 Å². The number of phenols is 2. The molecule has 0 spiro atoms. The minimum absolute atomic E-state index is 0.0368. The number of phenolic OH excluding ortho intramolecular Hbond substituents is 2. The molecule has 1 heterocycles. The Kier molecular flexibility index (Phi) is 8.60. The van der Waals surface area contributed by atoms with E-state index in [-0.39, 0.29) is 17.4 Å². The highest BCUT2D eigenvalue weighted by molar-refractivity contribution is 5.73. The minimum Gasteiger partial charge on any atom is -0.508 e. The lowest BCUT2D eigenvalue weighted by atomic mass is 9.85. The van der Waals surface area contributed by atoms with E-state index in [9.17, 15) is 35.4 Å². The molecule has 192 valence electrons. The maximum Gasteiger partial charge on any atom is 0.335 e. The van der Waals surface area contributed by atoms with Crippen LogP contribution in [0.3, 0.4) is 0 Å². The number of benzene rings is 2. The second-order valence-electron chi connectivity index (χ2n) is 9.33. The molecule has 1 saturated heterocycles. The molecule has 3 rings (SSSR count). The van der Waals surface area contributed by atoms with Gasteiger partial charge >= 0.3 is 5.97 Å². The third-order valence-corrected chi connectivity index (χ3v) is 6.69. The van der Waals surface area contributed by atoms with Gasteiger partial charge in [0.25, 0.3) is 0 Å². The molecule has 1 aliphatic heterocycles. The van der Waals surface area contributed by atoms with E-state index in [0.717, 1.165) is 29.5 Å². The van der Waals surface area contributed by atoms with Crippen molar-refractivity contribution in [1.29, 1.82) is 0 Å². The summed E-state index contributed by atoms with van der Waals surface area (Å²) in [5, 5.41) is 59.4. The molecule has 2 aromatic rings. The van der Waals surface area contributed by atoms with Crippen molar-refractivity contribution in [3.8, 4) is 17.2 Å². The number of rotatable bonds is 9. The summed E-state index contributed by atoms with van der Waals surface area (Å²) < 4.78 is 10.7. The molecular formula is C26H34O9. The van der Waals surface area contributed by atoms with Crippen LogP contribution in [0, 0.1) is 11.8 Å². The number of aryl methyl sites for hydroxylation is 1. The number of aliphatic hydroxyl groups is 3. The van der Waals surface area contributed by atoms with Gasteiger partial charge in [-0.3, -0.25) is 0 Å². The maximum absolute atomic E-state index is 11.3. The molecule has 0 aromatic heterocycles. The molecule has 0 unspecified atom stereocenters. The molecule has 9 nitrogen and oxygen atoms in total. The molecule has 2 aromatic carbocycles. The Morgan fingerprint density at radius 1 is 0.914 bits per heavy atom. The highest BCUT2D eigenvalue weighted by Gasteiger charge is 2.48. The third kappa shape index (κ3) is 6.24.